The minimum atomic E-state index is -0.919. The van der Waals surface area contributed by atoms with Crippen LogP contribution in [0.15, 0.2) is 0 Å². The molecule has 2 N–H and O–H groups in total. The van der Waals surface area contributed by atoms with Crippen LogP contribution in [0.2, 0.25) is 0 Å². The van der Waals surface area contributed by atoms with E-state index >= 15 is 0 Å². The maximum atomic E-state index is 11.2. The highest BCUT2D eigenvalue weighted by atomic mass is 32.2. The van der Waals surface area contributed by atoms with Crippen molar-refractivity contribution in [2.45, 2.75) is 17.8 Å². The highest BCUT2D eigenvalue weighted by Crippen LogP contribution is 2.32. The summed E-state index contributed by atoms with van der Waals surface area (Å²) < 4.78 is 0. The molecule has 0 radical (unpaired) electrons. The molecule has 0 saturated carbocycles. The molecular weight excluding hydrogens is 210 g/mol. The van der Waals surface area contributed by atoms with E-state index in [0.29, 0.717) is 11.5 Å². The lowest BCUT2D eigenvalue weighted by Gasteiger charge is -2.23. The molecule has 1 fully saturated rings. The lowest BCUT2D eigenvalue weighted by atomic mass is 10.2. The highest BCUT2D eigenvalue weighted by molar-refractivity contribution is 8.02. The maximum Gasteiger partial charge on any atom is 0.321 e. The number of ketones is 1. The Balaban J connectivity index is 2.74. The van der Waals surface area contributed by atoms with Gasteiger partial charge in [-0.15, -0.1) is 11.8 Å². The summed E-state index contributed by atoms with van der Waals surface area (Å²) in [6, 6.07) is -0.638. The van der Waals surface area contributed by atoms with Gasteiger partial charge in [0.1, 0.15) is 10.9 Å². The SMILES string of the molecule is CC(=O)C1(CS)N[C@H](C(=O)O)CS1. The number of Topliss-reactive ketones (excluding diaryl/α,β-unsaturated/α-hetero) is 1. The van der Waals surface area contributed by atoms with Gasteiger partial charge in [0.25, 0.3) is 0 Å². The third-order valence-electron chi connectivity index (χ3n) is 1.99. The third kappa shape index (κ3) is 2.00. The van der Waals surface area contributed by atoms with Crippen LogP contribution in [-0.2, 0) is 9.59 Å². The van der Waals surface area contributed by atoms with Crippen LogP contribution in [0.25, 0.3) is 0 Å². The van der Waals surface area contributed by atoms with Crippen molar-refractivity contribution in [1.29, 1.82) is 0 Å². The van der Waals surface area contributed by atoms with Crippen molar-refractivity contribution in [2.24, 2.45) is 0 Å². The van der Waals surface area contributed by atoms with Gasteiger partial charge in [-0.1, -0.05) is 0 Å². The summed E-state index contributed by atoms with van der Waals surface area (Å²) in [6.45, 7) is 1.44. The average Bonchev–Trinajstić information content (AvgIpc) is 2.49. The van der Waals surface area contributed by atoms with Crippen molar-refractivity contribution in [1.82, 2.24) is 5.32 Å². The molecule has 0 spiro atoms. The Morgan fingerprint density at radius 2 is 2.38 bits per heavy atom. The summed E-state index contributed by atoms with van der Waals surface area (Å²) in [4.78, 5) is 21.1. The molecule has 6 heteroatoms. The molecule has 0 aromatic heterocycles. The lowest BCUT2D eigenvalue weighted by Crippen LogP contribution is -2.50. The number of thioether (sulfide) groups is 1. The van der Waals surface area contributed by atoms with Gasteiger partial charge in [0.2, 0.25) is 0 Å². The van der Waals surface area contributed by atoms with Crippen molar-refractivity contribution in [3.05, 3.63) is 0 Å². The molecule has 1 heterocycles. The second-order valence-corrected chi connectivity index (χ2v) is 4.52. The Morgan fingerprint density at radius 1 is 1.77 bits per heavy atom. The van der Waals surface area contributed by atoms with Crippen LogP contribution in [0.4, 0.5) is 0 Å². The molecule has 4 nitrogen and oxygen atoms in total. The van der Waals surface area contributed by atoms with E-state index in [4.69, 9.17) is 5.11 Å². The quantitative estimate of drug-likeness (QED) is 0.585. The number of aliphatic carboxylic acids is 1. The first-order chi connectivity index (χ1) is 6.02. The van der Waals surface area contributed by atoms with Gasteiger partial charge in [-0.05, 0) is 6.92 Å². The fourth-order valence-corrected chi connectivity index (χ4v) is 2.91. The third-order valence-corrected chi connectivity index (χ3v) is 4.22. The minimum Gasteiger partial charge on any atom is -0.480 e. The predicted octanol–water partition coefficient (Wildman–Crippen LogP) is -0.00890. The molecule has 0 amide bonds. The molecule has 0 aromatic rings. The van der Waals surface area contributed by atoms with E-state index < -0.39 is 16.9 Å². The summed E-state index contributed by atoms with van der Waals surface area (Å²) >= 11 is 5.37. The van der Waals surface area contributed by atoms with Gasteiger partial charge < -0.3 is 5.11 Å². The summed E-state index contributed by atoms with van der Waals surface area (Å²) in [5.74, 6) is -0.264. The van der Waals surface area contributed by atoms with Crippen molar-refractivity contribution >= 4 is 36.1 Å². The van der Waals surface area contributed by atoms with E-state index in [0.717, 1.165) is 0 Å². The van der Waals surface area contributed by atoms with Crippen LogP contribution in [0, 0.1) is 0 Å². The fourth-order valence-electron chi connectivity index (χ4n) is 1.13. The van der Waals surface area contributed by atoms with E-state index in [9.17, 15) is 9.59 Å². The number of carbonyl (C=O) groups excluding carboxylic acids is 1. The molecule has 13 heavy (non-hydrogen) atoms. The van der Waals surface area contributed by atoms with Crippen molar-refractivity contribution < 1.29 is 14.7 Å². The molecule has 1 aliphatic rings. The Labute approximate surface area is 85.9 Å². The summed E-state index contributed by atoms with van der Waals surface area (Å²) in [5, 5.41) is 11.5. The van der Waals surface area contributed by atoms with E-state index in [-0.39, 0.29) is 5.78 Å². The number of carboxylic acid groups (broad SMARTS) is 1. The Hall–Kier alpha value is -0.200. The zero-order chi connectivity index (χ0) is 10.1. The molecule has 1 saturated heterocycles. The Morgan fingerprint density at radius 3 is 2.62 bits per heavy atom. The summed E-state index contributed by atoms with van der Waals surface area (Å²) in [5.41, 5.74) is 0. The maximum absolute atomic E-state index is 11.2. The molecule has 2 atom stereocenters. The van der Waals surface area contributed by atoms with E-state index in [1.807, 2.05) is 0 Å². The molecule has 1 aliphatic heterocycles. The van der Waals surface area contributed by atoms with E-state index in [1.165, 1.54) is 18.7 Å². The van der Waals surface area contributed by atoms with Crippen LogP contribution in [0.1, 0.15) is 6.92 Å². The standard InChI is InChI=1S/C7H11NO3S2/c1-4(9)7(3-12)8-5(2-13-7)6(10)11/h5,8,12H,2-3H2,1H3,(H,10,11)/t5-,7?/m0/s1. The molecular formula is C7H11NO3S2. The fraction of sp³-hybridized carbons (Fsp3) is 0.714. The van der Waals surface area contributed by atoms with Crippen LogP contribution in [0.5, 0.6) is 0 Å². The van der Waals surface area contributed by atoms with Gasteiger partial charge in [-0.3, -0.25) is 14.9 Å². The smallest absolute Gasteiger partial charge is 0.321 e. The summed E-state index contributed by atoms with van der Waals surface area (Å²) in [7, 11) is 0. The van der Waals surface area contributed by atoms with Gasteiger partial charge in [-0.2, -0.15) is 12.6 Å². The van der Waals surface area contributed by atoms with E-state index in [2.05, 4.69) is 17.9 Å². The first-order valence-electron chi connectivity index (χ1n) is 3.78. The molecule has 0 aliphatic carbocycles. The largest absolute Gasteiger partial charge is 0.480 e. The number of hydrogen-bond donors (Lipinski definition) is 3. The first kappa shape index (κ1) is 10.9. The van der Waals surface area contributed by atoms with Gasteiger partial charge in [0, 0.05) is 11.5 Å². The second-order valence-electron chi connectivity index (χ2n) is 2.89. The van der Waals surface area contributed by atoms with E-state index in [1.54, 1.807) is 0 Å². The summed E-state index contributed by atoms with van der Waals surface area (Å²) in [6.07, 6.45) is 0. The number of nitrogens with one attached hydrogen (secondary N) is 1. The monoisotopic (exact) mass is 221 g/mol. The second kappa shape index (κ2) is 3.89. The van der Waals surface area contributed by atoms with Crippen LogP contribution in [-0.4, -0.2) is 39.3 Å². The highest BCUT2D eigenvalue weighted by Gasteiger charge is 2.44. The number of carbonyl (C=O) groups is 2. The molecule has 0 aromatic carbocycles. The van der Waals surface area contributed by atoms with Crippen LogP contribution < -0.4 is 5.32 Å². The normalized spacial score (nSPS) is 33.2. The van der Waals surface area contributed by atoms with Crippen LogP contribution in [0.3, 0.4) is 0 Å². The van der Waals surface area contributed by atoms with Crippen molar-refractivity contribution in [2.75, 3.05) is 11.5 Å². The Kier molecular flexibility index (Phi) is 3.26. The Bertz CT molecular complexity index is 246. The average molecular weight is 221 g/mol. The number of carboxylic acids is 1. The number of rotatable bonds is 3. The lowest BCUT2D eigenvalue weighted by molar-refractivity contribution is -0.139. The van der Waals surface area contributed by atoms with Crippen molar-refractivity contribution in [3.63, 3.8) is 0 Å². The topological polar surface area (TPSA) is 66.4 Å². The molecule has 0 bridgehead atoms. The minimum absolute atomic E-state index is 0.0729. The zero-order valence-electron chi connectivity index (χ0n) is 7.11. The molecule has 1 unspecified atom stereocenters. The van der Waals surface area contributed by atoms with Crippen LogP contribution >= 0.6 is 24.4 Å². The van der Waals surface area contributed by atoms with Crippen molar-refractivity contribution in [3.8, 4) is 0 Å². The van der Waals surface area contributed by atoms with Gasteiger partial charge in [-0.25, -0.2) is 0 Å². The van der Waals surface area contributed by atoms with Gasteiger partial charge in [0.05, 0.1) is 0 Å². The zero-order valence-corrected chi connectivity index (χ0v) is 8.82. The predicted molar refractivity (Wildman–Crippen MR) is 54.3 cm³/mol. The number of hydrogen-bond acceptors (Lipinski definition) is 5. The number of thiol groups is 1. The molecule has 74 valence electrons. The first-order valence-corrected chi connectivity index (χ1v) is 5.40. The van der Waals surface area contributed by atoms with Gasteiger partial charge >= 0.3 is 5.97 Å². The van der Waals surface area contributed by atoms with Gasteiger partial charge in [0.15, 0.2) is 5.78 Å². The molecule has 1 rings (SSSR count).